The van der Waals surface area contributed by atoms with E-state index in [1.54, 1.807) is 0 Å². The molecule has 0 aliphatic carbocycles. The Bertz CT molecular complexity index is 572. The molecule has 3 rings (SSSR count). The van der Waals surface area contributed by atoms with Gasteiger partial charge in [-0.05, 0) is 56.4 Å². The predicted octanol–water partition coefficient (Wildman–Crippen LogP) is 3.37. The highest BCUT2D eigenvalue weighted by Crippen LogP contribution is 2.24. The van der Waals surface area contributed by atoms with E-state index < -0.39 is 0 Å². The zero-order valence-corrected chi connectivity index (χ0v) is 15.2. The molecule has 2 aliphatic rings. The van der Waals surface area contributed by atoms with Crippen LogP contribution < -0.4 is 0 Å². The molecule has 0 bridgehead atoms. The van der Waals surface area contributed by atoms with E-state index in [0.29, 0.717) is 11.1 Å². The van der Waals surface area contributed by atoms with E-state index >= 15 is 0 Å². The molecule has 0 saturated carbocycles. The van der Waals surface area contributed by atoms with Crippen LogP contribution in [0.15, 0.2) is 18.2 Å². The van der Waals surface area contributed by atoms with Crippen LogP contribution in [0.3, 0.4) is 0 Å². The number of hydrogen-bond acceptors (Lipinski definition) is 3. The second-order valence-electron chi connectivity index (χ2n) is 6.85. The second-order valence-corrected chi connectivity index (χ2v) is 7.26. The van der Waals surface area contributed by atoms with Crippen LogP contribution in [0.2, 0.25) is 5.02 Å². The molecule has 0 radical (unpaired) electrons. The molecule has 1 aromatic rings. The average molecular weight is 351 g/mol. The van der Waals surface area contributed by atoms with Crippen molar-refractivity contribution < 1.29 is 9.53 Å². The van der Waals surface area contributed by atoms with Gasteiger partial charge in [-0.15, -0.1) is 0 Å². The van der Waals surface area contributed by atoms with Gasteiger partial charge in [0.25, 0.3) is 5.91 Å². The number of carbonyl (C=O) groups excluding carboxylic acids is 1. The maximum absolute atomic E-state index is 13.0. The fraction of sp³-hybridized carbons (Fsp3) is 0.632. The van der Waals surface area contributed by atoms with Crippen molar-refractivity contribution in [3.8, 4) is 0 Å². The van der Waals surface area contributed by atoms with Gasteiger partial charge in [0.1, 0.15) is 0 Å². The highest BCUT2D eigenvalue weighted by atomic mass is 35.5. The van der Waals surface area contributed by atoms with Gasteiger partial charge in [-0.25, -0.2) is 0 Å². The first kappa shape index (κ1) is 17.7. The van der Waals surface area contributed by atoms with Crippen molar-refractivity contribution in [2.75, 3.05) is 39.4 Å². The number of likely N-dealkylation sites (tertiary alicyclic amines) is 1. The molecular weight excluding hydrogens is 324 g/mol. The van der Waals surface area contributed by atoms with Crippen LogP contribution in [0.1, 0.15) is 41.6 Å². The number of carbonyl (C=O) groups is 1. The quantitative estimate of drug-likeness (QED) is 0.834. The van der Waals surface area contributed by atoms with Crippen LogP contribution >= 0.6 is 11.6 Å². The van der Waals surface area contributed by atoms with Gasteiger partial charge in [0.05, 0.1) is 13.2 Å². The Morgan fingerprint density at radius 1 is 1.25 bits per heavy atom. The third-order valence-electron chi connectivity index (χ3n) is 5.18. The first-order chi connectivity index (χ1) is 11.6. The molecular formula is C19H27ClN2O2. The Morgan fingerprint density at radius 2 is 2.04 bits per heavy atom. The van der Waals surface area contributed by atoms with Crippen molar-refractivity contribution in [3.05, 3.63) is 34.3 Å². The molecule has 2 fully saturated rings. The van der Waals surface area contributed by atoms with Gasteiger partial charge >= 0.3 is 0 Å². The van der Waals surface area contributed by atoms with Crippen LogP contribution in [0.4, 0.5) is 0 Å². The highest BCUT2D eigenvalue weighted by Gasteiger charge is 2.28. The molecule has 1 atom stereocenters. The van der Waals surface area contributed by atoms with Crippen molar-refractivity contribution >= 4 is 17.5 Å². The maximum Gasteiger partial charge on any atom is 0.254 e. The number of halogens is 1. The zero-order valence-electron chi connectivity index (χ0n) is 14.5. The Labute approximate surface area is 149 Å². The molecule has 0 N–H and O–H groups in total. The van der Waals surface area contributed by atoms with E-state index in [1.807, 2.05) is 25.1 Å². The van der Waals surface area contributed by atoms with Crippen molar-refractivity contribution in [2.24, 2.45) is 0 Å². The number of rotatable bonds is 4. The summed E-state index contributed by atoms with van der Waals surface area (Å²) >= 11 is 6.09. The SMILES string of the molecule is Cc1cc(C(=O)N2CCCC[C@H]2CCN2CCOCC2)ccc1Cl. The molecule has 0 aromatic heterocycles. The molecule has 132 valence electrons. The van der Waals surface area contributed by atoms with Gasteiger partial charge in [0.15, 0.2) is 0 Å². The van der Waals surface area contributed by atoms with Crippen molar-refractivity contribution in [3.63, 3.8) is 0 Å². The minimum Gasteiger partial charge on any atom is -0.379 e. The van der Waals surface area contributed by atoms with E-state index in [-0.39, 0.29) is 5.91 Å². The molecule has 2 aliphatic heterocycles. The third kappa shape index (κ3) is 4.29. The lowest BCUT2D eigenvalue weighted by Gasteiger charge is -2.37. The van der Waals surface area contributed by atoms with Crippen LogP contribution in [0, 0.1) is 6.92 Å². The van der Waals surface area contributed by atoms with Gasteiger partial charge < -0.3 is 9.64 Å². The summed E-state index contributed by atoms with van der Waals surface area (Å²) < 4.78 is 5.41. The number of hydrogen-bond donors (Lipinski definition) is 0. The van der Waals surface area contributed by atoms with E-state index in [1.165, 1.54) is 6.42 Å². The molecule has 1 amide bonds. The highest BCUT2D eigenvalue weighted by molar-refractivity contribution is 6.31. The summed E-state index contributed by atoms with van der Waals surface area (Å²) in [5.41, 5.74) is 1.72. The second kappa shape index (κ2) is 8.32. The van der Waals surface area contributed by atoms with Crippen molar-refractivity contribution in [1.29, 1.82) is 0 Å². The summed E-state index contributed by atoms with van der Waals surface area (Å²) in [5, 5.41) is 0.717. The van der Waals surface area contributed by atoms with Gasteiger partial charge in [-0.3, -0.25) is 9.69 Å². The maximum atomic E-state index is 13.0. The van der Waals surface area contributed by atoms with E-state index in [9.17, 15) is 4.79 Å². The summed E-state index contributed by atoms with van der Waals surface area (Å²) in [5.74, 6) is 0.154. The molecule has 0 spiro atoms. The standard InChI is InChI=1S/C19H27ClN2O2/c1-15-14-16(5-6-18(15)20)19(23)22-8-3-2-4-17(22)7-9-21-10-12-24-13-11-21/h5-6,14,17H,2-4,7-13H2,1H3/t17-/m0/s1. The summed E-state index contributed by atoms with van der Waals surface area (Å²) in [6, 6.07) is 5.95. The molecule has 0 unspecified atom stereocenters. The van der Waals surface area contributed by atoms with Gasteiger partial charge in [0.2, 0.25) is 0 Å². The minimum absolute atomic E-state index is 0.154. The molecule has 5 heteroatoms. The fourth-order valence-electron chi connectivity index (χ4n) is 3.67. The topological polar surface area (TPSA) is 32.8 Å². The summed E-state index contributed by atoms with van der Waals surface area (Å²) in [6.07, 6.45) is 4.49. The van der Waals surface area contributed by atoms with Crippen LogP contribution in [0.5, 0.6) is 0 Å². The van der Waals surface area contributed by atoms with Crippen LogP contribution in [-0.2, 0) is 4.74 Å². The number of benzene rings is 1. The number of piperidine rings is 1. The number of nitrogens with zero attached hydrogens (tertiary/aromatic N) is 2. The average Bonchev–Trinajstić information content (AvgIpc) is 2.63. The van der Waals surface area contributed by atoms with Crippen molar-refractivity contribution in [1.82, 2.24) is 9.80 Å². The third-order valence-corrected chi connectivity index (χ3v) is 5.60. The van der Waals surface area contributed by atoms with Crippen LogP contribution in [0.25, 0.3) is 0 Å². The first-order valence-corrected chi connectivity index (χ1v) is 9.40. The van der Waals surface area contributed by atoms with Crippen molar-refractivity contribution in [2.45, 2.75) is 38.6 Å². The number of ether oxygens (including phenoxy) is 1. The molecule has 4 nitrogen and oxygen atoms in total. The number of aryl methyl sites for hydroxylation is 1. The smallest absolute Gasteiger partial charge is 0.254 e. The van der Waals surface area contributed by atoms with Gasteiger partial charge in [0, 0.05) is 42.8 Å². The Balaban J connectivity index is 1.64. The lowest BCUT2D eigenvalue weighted by atomic mass is 9.97. The van der Waals surface area contributed by atoms with Gasteiger partial charge in [-0.2, -0.15) is 0 Å². The molecule has 24 heavy (non-hydrogen) atoms. The van der Waals surface area contributed by atoms with Crippen LogP contribution in [-0.4, -0.2) is 61.1 Å². The largest absolute Gasteiger partial charge is 0.379 e. The summed E-state index contributed by atoms with van der Waals surface area (Å²) in [7, 11) is 0. The van der Waals surface area contributed by atoms with Gasteiger partial charge in [-0.1, -0.05) is 11.6 Å². The zero-order chi connectivity index (χ0) is 16.9. The molecule has 2 saturated heterocycles. The van der Waals surface area contributed by atoms with E-state index in [0.717, 1.165) is 69.8 Å². The van der Waals surface area contributed by atoms with E-state index in [4.69, 9.17) is 16.3 Å². The summed E-state index contributed by atoms with van der Waals surface area (Å²) in [6.45, 7) is 7.56. The monoisotopic (exact) mass is 350 g/mol. The predicted molar refractivity (Wildman–Crippen MR) is 96.7 cm³/mol. The molecule has 2 heterocycles. The Kier molecular flexibility index (Phi) is 6.14. The van der Waals surface area contributed by atoms with E-state index in [2.05, 4.69) is 9.80 Å². The lowest BCUT2D eigenvalue weighted by Crippen LogP contribution is -2.46. The first-order valence-electron chi connectivity index (χ1n) is 9.02. The summed E-state index contributed by atoms with van der Waals surface area (Å²) in [4.78, 5) is 17.5. The molecule has 1 aromatic carbocycles. The number of morpholine rings is 1. The minimum atomic E-state index is 0.154. The lowest BCUT2D eigenvalue weighted by molar-refractivity contribution is 0.0295. The fourth-order valence-corrected chi connectivity index (χ4v) is 3.79. The normalized spacial score (nSPS) is 22.6. The Hall–Kier alpha value is -1.10. The number of amides is 1. The Morgan fingerprint density at radius 3 is 2.79 bits per heavy atom.